The number of amides is 1. The summed E-state index contributed by atoms with van der Waals surface area (Å²) in [6.07, 6.45) is 3.38. The maximum absolute atomic E-state index is 12.3. The molecule has 5 nitrogen and oxygen atoms in total. The minimum absolute atomic E-state index is 0.0785. The summed E-state index contributed by atoms with van der Waals surface area (Å²) in [7, 11) is 1.81. The van der Waals surface area contributed by atoms with E-state index in [9.17, 15) is 4.79 Å². The van der Waals surface area contributed by atoms with E-state index in [1.54, 1.807) is 36.3 Å². The van der Waals surface area contributed by atoms with Gasteiger partial charge in [0.1, 0.15) is 0 Å². The highest BCUT2D eigenvalue weighted by Gasteiger charge is 2.29. The van der Waals surface area contributed by atoms with Crippen LogP contribution in [0.5, 0.6) is 0 Å². The van der Waals surface area contributed by atoms with Gasteiger partial charge in [0.2, 0.25) is 5.91 Å². The predicted molar refractivity (Wildman–Crippen MR) is 75.7 cm³/mol. The van der Waals surface area contributed by atoms with Crippen LogP contribution in [0.3, 0.4) is 0 Å². The number of benzene rings is 1. The third kappa shape index (κ3) is 2.76. The summed E-state index contributed by atoms with van der Waals surface area (Å²) in [5, 5.41) is 6.88. The molecule has 0 aliphatic heterocycles. The van der Waals surface area contributed by atoms with Crippen LogP contribution in [-0.2, 0) is 17.3 Å². The van der Waals surface area contributed by atoms with Gasteiger partial charge in [-0.3, -0.25) is 9.48 Å². The quantitative estimate of drug-likeness (QED) is 0.826. The average Bonchev–Trinajstić information content (AvgIpc) is 2.75. The Hall–Kier alpha value is -2.30. The van der Waals surface area contributed by atoms with Crippen molar-refractivity contribution in [2.45, 2.75) is 19.3 Å². The number of nitrogens with zero attached hydrogens (tertiary/aromatic N) is 2. The number of nitrogen functional groups attached to an aromatic ring is 1. The van der Waals surface area contributed by atoms with Crippen LogP contribution in [0.2, 0.25) is 0 Å². The first-order valence-corrected chi connectivity index (χ1v) is 6.06. The molecular formula is C14H18N4O. The highest BCUT2D eigenvalue weighted by atomic mass is 16.2. The second-order valence-electron chi connectivity index (χ2n) is 5.10. The van der Waals surface area contributed by atoms with E-state index in [1.807, 2.05) is 26.0 Å². The van der Waals surface area contributed by atoms with Crippen molar-refractivity contribution < 1.29 is 4.79 Å². The lowest BCUT2D eigenvalue weighted by Gasteiger charge is -2.23. The first kappa shape index (κ1) is 13.1. The predicted octanol–water partition coefficient (Wildman–Crippen LogP) is 1.92. The molecule has 0 atom stereocenters. The molecule has 2 rings (SSSR count). The molecule has 19 heavy (non-hydrogen) atoms. The summed E-state index contributed by atoms with van der Waals surface area (Å²) >= 11 is 0. The van der Waals surface area contributed by atoms with Crippen LogP contribution in [0.15, 0.2) is 36.7 Å². The Bertz CT molecular complexity index is 584. The van der Waals surface area contributed by atoms with Gasteiger partial charge in [-0.25, -0.2) is 0 Å². The van der Waals surface area contributed by atoms with Crippen molar-refractivity contribution in [2.24, 2.45) is 7.05 Å². The Balaban J connectivity index is 2.19. The minimum atomic E-state index is -0.635. The van der Waals surface area contributed by atoms with Crippen LogP contribution < -0.4 is 11.1 Å². The van der Waals surface area contributed by atoms with Crippen LogP contribution in [0.25, 0.3) is 0 Å². The standard InChI is InChI=1S/C14H18N4O/c1-14(2,10-4-6-11(15)7-5-10)13(19)17-12-8-16-18(3)9-12/h4-9H,15H2,1-3H3,(H,17,19). The third-order valence-corrected chi connectivity index (χ3v) is 3.16. The summed E-state index contributed by atoms with van der Waals surface area (Å²) in [6, 6.07) is 7.35. The topological polar surface area (TPSA) is 72.9 Å². The summed E-state index contributed by atoms with van der Waals surface area (Å²) in [4.78, 5) is 12.3. The first-order chi connectivity index (χ1) is 8.89. The monoisotopic (exact) mass is 258 g/mol. The van der Waals surface area contributed by atoms with E-state index in [0.717, 1.165) is 5.56 Å². The lowest BCUT2D eigenvalue weighted by molar-refractivity contribution is -0.120. The van der Waals surface area contributed by atoms with Gasteiger partial charge in [0, 0.05) is 18.9 Å². The second-order valence-corrected chi connectivity index (χ2v) is 5.10. The van der Waals surface area contributed by atoms with Gasteiger partial charge in [-0.05, 0) is 31.5 Å². The maximum atomic E-state index is 12.3. The number of carbonyl (C=O) groups is 1. The molecule has 0 saturated carbocycles. The van der Waals surface area contributed by atoms with Crippen molar-refractivity contribution in [3.05, 3.63) is 42.2 Å². The van der Waals surface area contributed by atoms with E-state index in [2.05, 4.69) is 10.4 Å². The van der Waals surface area contributed by atoms with Gasteiger partial charge in [0.15, 0.2) is 0 Å². The van der Waals surface area contributed by atoms with E-state index >= 15 is 0 Å². The van der Waals surface area contributed by atoms with Crippen molar-refractivity contribution in [3.8, 4) is 0 Å². The SMILES string of the molecule is Cn1cc(NC(=O)C(C)(C)c2ccc(N)cc2)cn1. The smallest absolute Gasteiger partial charge is 0.234 e. The minimum Gasteiger partial charge on any atom is -0.399 e. The number of anilines is 2. The van der Waals surface area contributed by atoms with E-state index < -0.39 is 5.41 Å². The normalized spacial score (nSPS) is 11.3. The van der Waals surface area contributed by atoms with E-state index in [0.29, 0.717) is 11.4 Å². The Morgan fingerprint density at radius 2 is 1.95 bits per heavy atom. The Labute approximate surface area is 112 Å². The van der Waals surface area contributed by atoms with E-state index in [-0.39, 0.29) is 5.91 Å². The molecule has 0 aliphatic carbocycles. The van der Waals surface area contributed by atoms with E-state index in [4.69, 9.17) is 5.73 Å². The van der Waals surface area contributed by atoms with Gasteiger partial charge >= 0.3 is 0 Å². The highest BCUT2D eigenvalue weighted by Crippen LogP contribution is 2.25. The fraction of sp³-hybridized carbons (Fsp3) is 0.286. The van der Waals surface area contributed by atoms with Crippen LogP contribution in [0.4, 0.5) is 11.4 Å². The lowest BCUT2D eigenvalue weighted by Crippen LogP contribution is -2.34. The Morgan fingerprint density at radius 1 is 1.32 bits per heavy atom. The molecule has 1 heterocycles. The number of hydrogen-bond donors (Lipinski definition) is 2. The molecule has 1 amide bonds. The number of nitrogens with two attached hydrogens (primary N) is 1. The Morgan fingerprint density at radius 3 is 2.47 bits per heavy atom. The molecule has 100 valence electrons. The van der Waals surface area contributed by atoms with E-state index in [1.165, 1.54) is 0 Å². The molecule has 1 aromatic carbocycles. The maximum Gasteiger partial charge on any atom is 0.234 e. The number of hydrogen-bond acceptors (Lipinski definition) is 3. The van der Waals surface area contributed by atoms with Crippen molar-refractivity contribution in [3.63, 3.8) is 0 Å². The number of aromatic nitrogens is 2. The number of carbonyl (C=O) groups excluding carboxylic acids is 1. The fourth-order valence-corrected chi connectivity index (χ4v) is 1.80. The fourth-order valence-electron chi connectivity index (χ4n) is 1.80. The van der Waals surface area contributed by atoms with Gasteiger partial charge in [0.25, 0.3) is 0 Å². The van der Waals surface area contributed by atoms with Crippen molar-refractivity contribution in [1.82, 2.24) is 9.78 Å². The Kier molecular flexibility index (Phi) is 3.29. The van der Waals surface area contributed by atoms with Crippen LogP contribution in [-0.4, -0.2) is 15.7 Å². The number of aryl methyl sites for hydroxylation is 1. The summed E-state index contributed by atoms with van der Waals surface area (Å²) in [5.74, 6) is -0.0785. The molecule has 0 saturated heterocycles. The first-order valence-electron chi connectivity index (χ1n) is 6.06. The summed E-state index contributed by atoms with van der Waals surface area (Å²) in [6.45, 7) is 3.76. The molecule has 0 radical (unpaired) electrons. The van der Waals surface area contributed by atoms with Gasteiger partial charge in [0.05, 0.1) is 17.3 Å². The van der Waals surface area contributed by atoms with Gasteiger partial charge in [-0.2, -0.15) is 5.10 Å². The second kappa shape index (κ2) is 4.76. The largest absolute Gasteiger partial charge is 0.399 e. The highest BCUT2D eigenvalue weighted by molar-refractivity contribution is 5.98. The number of nitrogens with one attached hydrogen (secondary N) is 1. The lowest BCUT2D eigenvalue weighted by atomic mass is 9.83. The van der Waals surface area contributed by atoms with Crippen molar-refractivity contribution >= 4 is 17.3 Å². The van der Waals surface area contributed by atoms with Gasteiger partial charge in [-0.15, -0.1) is 0 Å². The summed E-state index contributed by atoms with van der Waals surface area (Å²) in [5.41, 5.74) is 7.32. The molecule has 0 bridgehead atoms. The molecule has 0 aliphatic rings. The van der Waals surface area contributed by atoms with Crippen LogP contribution in [0.1, 0.15) is 19.4 Å². The molecule has 5 heteroatoms. The van der Waals surface area contributed by atoms with Crippen LogP contribution in [0, 0.1) is 0 Å². The molecular weight excluding hydrogens is 240 g/mol. The molecule has 1 aromatic heterocycles. The molecule has 0 unspecified atom stereocenters. The molecule has 2 aromatic rings. The molecule has 3 N–H and O–H groups in total. The summed E-state index contributed by atoms with van der Waals surface area (Å²) < 4.78 is 1.64. The van der Waals surface area contributed by atoms with Gasteiger partial charge < -0.3 is 11.1 Å². The zero-order chi connectivity index (χ0) is 14.0. The molecule has 0 spiro atoms. The zero-order valence-electron chi connectivity index (χ0n) is 11.3. The third-order valence-electron chi connectivity index (χ3n) is 3.16. The average molecular weight is 258 g/mol. The van der Waals surface area contributed by atoms with Crippen molar-refractivity contribution in [1.29, 1.82) is 0 Å². The zero-order valence-corrected chi connectivity index (χ0v) is 11.3. The van der Waals surface area contributed by atoms with Crippen molar-refractivity contribution in [2.75, 3.05) is 11.1 Å². The number of rotatable bonds is 3. The molecule has 0 fully saturated rings. The van der Waals surface area contributed by atoms with Crippen LogP contribution >= 0.6 is 0 Å². The van der Waals surface area contributed by atoms with Gasteiger partial charge in [-0.1, -0.05) is 12.1 Å².